The summed E-state index contributed by atoms with van der Waals surface area (Å²) in [5.74, 6) is 0.978. The van der Waals surface area contributed by atoms with E-state index in [1.807, 2.05) is 14.0 Å². The van der Waals surface area contributed by atoms with Gasteiger partial charge < -0.3 is 14.7 Å². The fourth-order valence-electron chi connectivity index (χ4n) is 3.09. The molecule has 0 heterocycles. The summed E-state index contributed by atoms with van der Waals surface area (Å²) < 4.78 is 5.57. The topological polar surface area (TPSA) is 75.8 Å². The van der Waals surface area contributed by atoms with Crippen molar-refractivity contribution in [3.05, 3.63) is 33.9 Å². The molecule has 2 rings (SSSR count). The summed E-state index contributed by atoms with van der Waals surface area (Å²) in [5, 5.41) is 20.9. The Labute approximate surface area is 130 Å². The van der Waals surface area contributed by atoms with Crippen LogP contribution in [-0.2, 0) is 6.54 Å². The molecule has 0 bridgehead atoms. The van der Waals surface area contributed by atoms with Crippen LogP contribution >= 0.6 is 0 Å². The minimum absolute atomic E-state index is 0.0766. The Bertz CT molecular complexity index is 521. The first-order valence-electron chi connectivity index (χ1n) is 7.78. The van der Waals surface area contributed by atoms with Gasteiger partial charge in [0.25, 0.3) is 5.69 Å². The van der Waals surface area contributed by atoms with Gasteiger partial charge in [0.2, 0.25) is 0 Å². The molecule has 0 radical (unpaired) electrons. The van der Waals surface area contributed by atoms with Crippen LogP contribution < -0.4 is 4.74 Å². The SMILES string of the molecule is CCOc1ccc([N+](=O)[O-])cc1CN(C)CC1CCCC1O. The summed E-state index contributed by atoms with van der Waals surface area (Å²) in [5.41, 5.74) is 0.888. The van der Waals surface area contributed by atoms with Gasteiger partial charge in [0.15, 0.2) is 0 Å². The normalized spacial score (nSPS) is 21.3. The van der Waals surface area contributed by atoms with Crippen LogP contribution in [0.4, 0.5) is 5.69 Å². The molecule has 0 aromatic heterocycles. The number of rotatable bonds is 7. The fourth-order valence-corrected chi connectivity index (χ4v) is 3.09. The number of non-ortho nitro benzene ring substituents is 1. The predicted molar refractivity (Wildman–Crippen MR) is 83.9 cm³/mol. The molecule has 0 saturated heterocycles. The van der Waals surface area contributed by atoms with Gasteiger partial charge in [0, 0.05) is 30.8 Å². The monoisotopic (exact) mass is 308 g/mol. The summed E-state index contributed by atoms with van der Waals surface area (Å²) in [6.45, 7) is 3.77. The molecule has 1 aromatic carbocycles. The number of nitro benzene ring substituents is 1. The lowest BCUT2D eigenvalue weighted by molar-refractivity contribution is -0.385. The average Bonchev–Trinajstić information content (AvgIpc) is 2.86. The van der Waals surface area contributed by atoms with Gasteiger partial charge in [0.05, 0.1) is 17.6 Å². The maximum absolute atomic E-state index is 10.9. The van der Waals surface area contributed by atoms with Crippen molar-refractivity contribution in [1.29, 1.82) is 0 Å². The lowest BCUT2D eigenvalue weighted by Crippen LogP contribution is -2.29. The fraction of sp³-hybridized carbons (Fsp3) is 0.625. The predicted octanol–water partition coefficient (Wildman–Crippen LogP) is 2.59. The van der Waals surface area contributed by atoms with Crippen LogP contribution in [0.5, 0.6) is 5.75 Å². The highest BCUT2D eigenvalue weighted by molar-refractivity contribution is 5.43. The van der Waals surface area contributed by atoms with Crippen molar-refractivity contribution in [3.63, 3.8) is 0 Å². The van der Waals surface area contributed by atoms with Crippen molar-refractivity contribution < 1.29 is 14.8 Å². The Kier molecular flexibility index (Phi) is 5.74. The van der Waals surface area contributed by atoms with Gasteiger partial charge in [0.1, 0.15) is 5.75 Å². The molecule has 1 saturated carbocycles. The third kappa shape index (κ3) is 4.18. The van der Waals surface area contributed by atoms with Gasteiger partial charge in [-0.2, -0.15) is 0 Å². The van der Waals surface area contributed by atoms with Crippen LogP contribution in [0.15, 0.2) is 18.2 Å². The molecule has 1 aliphatic rings. The van der Waals surface area contributed by atoms with E-state index in [9.17, 15) is 15.2 Å². The molecule has 0 amide bonds. The zero-order chi connectivity index (χ0) is 16.1. The van der Waals surface area contributed by atoms with E-state index in [1.165, 1.54) is 6.07 Å². The van der Waals surface area contributed by atoms with E-state index < -0.39 is 0 Å². The Morgan fingerprint density at radius 2 is 2.23 bits per heavy atom. The second kappa shape index (κ2) is 7.56. The zero-order valence-corrected chi connectivity index (χ0v) is 13.2. The zero-order valence-electron chi connectivity index (χ0n) is 13.2. The van der Waals surface area contributed by atoms with Crippen molar-refractivity contribution >= 4 is 5.69 Å². The molecule has 122 valence electrons. The number of benzene rings is 1. The van der Waals surface area contributed by atoms with Gasteiger partial charge in [-0.15, -0.1) is 0 Å². The number of hydrogen-bond donors (Lipinski definition) is 1. The molecular formula is C16H24N2O4. The average molecular weight is 308 g/mol. The molecule has 1 aromatic rings. The van der Waals surface area contributed by atoms with E-state index in [0.717, 1.165) is 31.4 Å². The lowest BCUT2D eigenvalue weighted by atomic mass is 10.1. The van der Waals surface area contributed by atoms with Gasteiger partial charge in [-0.1, -0.05) is 6.42 Å². The Balaban J connectivity index is 2.08. The van der Waals surface area contributed by atoms with Gasteiger partial charge in [-0.3, -0.25) is 10.1 Å². The standard InChI is InChI=1S/C16H24N2O4/c1-3-22-16-8-7-14(18(20)21)9-13(16)11-17(2)10-12-5-4-6-15(12)19/h7-9,12,15,19H,3-6,10-11H2,1-2H3. The third-order valence-corrected chi connectivity index (χ3v) is 4.16. The van der Waals surface area contributed by atoms with Crippen molar-refractivity contribution in [3.8, 4) is 5.75 Å². The number of hydrogen-bond acceptors (Lipinski definition) is 5. The third-order valence-electron chi connectivity index (χ3n) is 4.16. The maximum Gasteiger partial charge on any atom is 0.270 e. The minimum Gasteiger partial charge on any atom is -0.494 e. The van der Waals surface area contributed by atoms with Crippen molar-refractivity contribution in [1.82, 2.24) is 4.90 Å². The molecule has 0 aliphatic heterocycles. The minimum atomic E-state index is -0.389. The summed E-state index contributed by atoms with van der Waals surface area (Å²) in [7, 11) is 1.97. The summed E-state index contributed by atoms with van der Waals surface area (Å²) in [4.78, 5) is 12.7. The summed E-state index contributed by atoms with van der Waals surface area (Å²) in [6.07, 6.45) is 2.76. The molecule has 1 fully saturated rings. The van der Waals surface area contributed by atoms with Crippen molar-refractivity contribution in [2.75, 3.05) is 20.2 Å². The summed E-state index contributed by atoms with van der Waals surface area (Å²) >= 11 is 0. The van der Waals surface area contributed by atoms with Crippen molar-refractivity contribution in [2.45, 2.75) is 38.8 Å². The van der Waals surface area contributed by atoms with Crippen molar-refractivity contribution in [2.24, 2.45) is 5.92 Å². The molecular weight excluding hydrogens is 284 g/mol. The Morgan fingerprint density at radius 1 is 1.45 bits per heavy atom. The largest absolute Gasteiger partial charge is 0.494 e. The number of nitrogens with zero attached hydrogens (tertiary/aromatic N) is 2. The van der Waals surface area contributed by atoms with Crippen LogP contribution in [0.25, 0.3) is 0 Å². The van der Waals surface area contributed by atoms with Crippen LogP contribution in [0.3, 0.4) is 0 Å². The highest BCUT2D eigenvalue weighted by Crippen LogP contribution is 2.28. The number of aliphatic hydroxyl groups is 1. The second-order valence-corrected chi connectivity index (χ2v) is 5.94. The summed E-state index contributed by atoms with van der Waals surface area (Å²) in [6, 6.07) is 4.71. The highest BCUT2D eigenvalue weighted by Gasteiger charge is 2.26. The molecule has 22 heavy (non-hydrogen) atoms. The van der Waals surface area contributed by atoms with E-state index in [0.29, 0.717) is 24.8 Å². The highest BCUT2D eigenvalue weighted by atomic mass is 16.6. The van der Waals surface area contributed by atoms with E-state index in [1.54, 1.807) is 12.1 Å². The molecule has 1 aliphatic carbocycles. The maximum atomic E-state index is 10.9. The Morgan fingerprint density at radius 3 is 2.82 bits per heavy atom. The van der Waals surface area contributed by atoms with E-state index >= 15 is 0 Å². The van der Waals surface area contributed by atoms with Gasteiger partial charge in [-0.05, 0) is 38.8 Å². The van der Waals surface area contributed by atoms with E-state index in [2.05, 4.69) is 4.90 Å². The van der Waals surface area contributed by atoms with Gasteiger partial charge >= 0.3 is 0 Å². The molecule has 0 spiro atoms. The molecule has 2 unspecified atom stereocenters. The first kappa shape index (κ1) is 16.7. The van der Waals surface area contributed by atoms with Crippen LogP contribution in [0.1, 0.15) is 31.7 Å². The second-order valence-electron chi connectivity index (χ2n) is 5.94. The van der Waals surface area contributed by atoms with Crippen LogP contribution in [0, 0.1) is 16.0 Å². The molecule has 2 atom stereocenters. The van der Waals surface area contributed by atoms with E-state index in [-0.39, 0.29) is 16.7 Å². The number of nitro groups is 1. The molecule has 6 heteroatoms. The first-order chi connectivity index (χ1) is 10.5. The lowest BCUT2D eigenvalue weighted by Gasteiger charge is -2.24. The number of aliphatic hydroxyl groups excluding tert-OH is 1. The molecule has 1 N–H and O–H groups in total. The van der Waals surface area contributed by atoms with Gasteiger partial charge in [-0.25, -0.2) is 0 Å². The smallest absolute Gasteiger partial charge is 0.270 e. The molecule has 6 nitrogen and oxygen atoms in total. The van der Waals surface area contributed by atoms with Crippen LogP contribution in [-0.4, -0.2) is 41.2 Å². The number of ether oxygens (including phenoxy) is 1. The quantitative estimate of drug-likeness (QED) is 0.619. The van der Waals surface area contributed by atoms with E-state index in [4.69, 9.17) is 4.74 Å². The van der Waals surface area contributed by atoms with Crippen LogP contribution in [0.2, 0.25) is 0 Å². The Hall–Kier alpha value is -1.66. The first-order valence-corrected chi connectivity index (χ1v) is 7.78.